The molecule has 2 fully saturated rings. The van der Waals surface area contributed by atoms with Crippen LogP contribution in [-0.2, 0) is 10.8 Å². The number of hydrogen-bond donors (Lipinski definition) is 1. The number of aromatic nitrogens is 3. The summed E-state index contributed by atoms with van der Waals surface area (Å²) in [6.07, 6.45) is 14.9. The van der Waals surface area contributed by atoms with Crippen molar-refractivity contribution in [1.82, 2.24) is 14.4 Å². The number of fused-ring (bicyclic) bond motifs is 1. The Hall–Kier alpha value is -1.12. The van der Waals surface area contributed by atoms with Gasteiger partial charge in [-0.1, -0.05) is 0 Å². The molecule has 2 aliphatic rings. The molecule has 1 aliphatic carbocycles. The molecule has 1 aliphatic heterocycles. The average Bonchev–Trinajstić information content (AvgIpc) is 3.29. The summed E-state index contributed by atoms with van der Waals surface area (Å²) in [5.41, 5.74) is 1.35. The maximum atomic E-state index is 12.0. The van der Waals surface area contributed by atoms with Crippen molar-refractivity contribution in [1.29, 1.82) is 0 Å². The van der Waals surface area contributed by atoms with Gasteiger partial charge in [-0.15, -0.1) is 0 Å². The van der Waals surface area contributed by atoms with E-state index in [9.17, 15) is 4.21 Å². The zero-order chi connectivity index (χ0) is 19.9. The Morgan fingerprint density at radius 2 is 2.07 bits per heavy atom. The van der Waals surface area contributed by atoms with Gasteiger partial charge < -0.3 is 4.90 Å². The van der Waals surface area contributed by atoms with Gasteiger partial charge in [0, 0.05) is 53.5 Å². The second-order valence-corrected chi connectivity index (χ2v) is 11.9. The van der Waals surface area contributed by atoms with Crippen LogP contribution in [0.4, 0.5) is 5.95 Å². The van der Waals surface area contributed by atoms with Crippen LogP contribution in [0.15, 0.2) is 23.5 Å². The second kappa shape index (κ2) is 7.61. The van der Waals surface area contributed by atoms with Crippen molar-refractivity contribution in [3.05, 3.63) is 18.6 Å². The van der Waals surface area contributed by atoms with Crippen LogP contribution in [-0.4, -0.2) is 42.7 Å². The SMILES string of the molecule is C[S@@](=O)C(C)(C)CC1CCC2(CCN(c3ncc(SN)c4nccn34)CC2)C1. The predicted octanol–water partition coefficient (Wildman–Crippen LogP) is 3.63. The number of imidazole rings is 1. The zero-order valence-electron chi connectivity index (χ0n) is 17.1. The summed E-state index contributed by atoms with van der Waals surface area (Å²) >= 11 is 1.19. The molecule has 0 bridgehead atoms. The highest BCUT2D eigenvalue weighted by molar-refractivity contribution is 7.97. The van der Waals surface area contributed by atoms with Crippen molar-refractivity contribution in [3.63, 3.8) is 0 Å². The quantitative estimate of drug-likeness (QED) is 0.743. The first-order valence-electron chi connectivity index (χ1n) is 10.1. The minimum absolute atomic E-state index is 0.0728. The summed E-state index contributed by atoms with van der Waals surface area (Å²) < 4.78 is 14.0. The van der Waals surface area contributed by atoms with Crippen LogP contribution in [0, 0.1) is 11.3 Å². The lowest BCUT2D eigenvalue weighted by Gasteiger charge is -2.40. The summed E-state index contributed by atoms with van der Waals surface area (Å²) in [6, 6.07) is 0. The zero-order valence-corrected chi connectivity index (χ0v) is 18.7. The molecule has 8 heteroatoms. The summed E-state index contributed by atoms with van der Waals surface area (Å²) in [5, 5.41) is 5.75. The van der Waals surface area contributed by atoms with E-state index < -0.39 is 10.8 Å². The van der Waals surface area contributed by atoms with Crippen LogP contribution in [0.5, 0.6) is 0 Å². The van der Waals surface area contributed by atoms with Crippen LogP contribution in [0.3, 0.4) is 0 Å². The number of anilines is 1. The molecule has 2 aromatic heterocycles. The van der Waals surface area contributed by atoms with Gasteiger partial charge in [-0.05, 0) is 75.7 Å². The molecule has 154 valence electrons. The molecule has 2 N–H and O–H groups in total. The van der Waals surface area contributed by atoms with Gasteiger partial charge in [-0.25, -0.2) is 9.97 Å². The molecule has 1 spiro atoms. The van der Waals surface area contributed by atoms with Gasteiger partial charge in [0.2, 0.25) is 5.95 Å². The van der Waals surface area contributed by atoms with Gasteiger partial charge in [0.15, 0.2) is 5.65 Å². The second-order valence-electron chi connectivity index (χ2n) is 9.17. The average molecular weight is 422 g/mol. The van der Waals surface area contributed by atoms with Gasteiger partial charge in [0.05, 0.1) is 4.90 Å². The summed E-state index contributed by atoms with van der Waals surface area (Å²) in [5.74, 6) is 1.68. The van der Waals surface area contributed by atoms with E-state index in [1.807, 2.05) is 24.8 Å². The summed E-state index contributed by atoms with van der Waals surface area (Å²) in [7, 11) is -0.767. The number of nitrogens with two attached hydrogens (primary N) is 1. The first-order valence-corrected chi connectivity index (χ1v) is 12.5. The standard InChI is InChI=1S/C20H31N5OS2/c1-19(2,28(3)26)12-15-4-5-20(13-15)6-9-24(10-7-20)18-23-14-16(27-21)17-22-8-11-25(17)18/h8,11,14-15H,4-7,9-10,12-13,21H2,1-3H3/t15?,28-/m1/s1. The van der Waals surface area contributed by atoms with Crippen molar-refractivity contribution in [3.8, 4) is 0 Å². The van der Waals surface area contributed by atoms with Crippen molar-refractivity contribution in [2.45, 2.75) is 62.0 Å². The predicted molar refractivity (Wildman–Crippen MR) is 117 cm³/mol. The van der Waals surface area contributed by atoms with Crippen molar-refractivity contribution in [2.24, 2.45) is 16.5 Å². The number of hydrogen-bond acceptors (Lipinski definition) is 6. The highest BCUT2D eigenvalue weighted by Crippen LogP contribution is 2.51. The van der Waals surface area contributed by atoms with Gasteiger partial charge in [0.1, 0.15) is 0 Å². The molecular weight excluding hydrogens is 390 g/mol. The van der Waals surface area contributed by atoms with E-state index in [0.717, 1.165) is 36.0 Å². The molecule has 0 amide bonds. The van der Waals surface area contributed by atoms with E-state index in [1.54, 1.807) is 0 Å². The minimum Gasteiger partial charge on any atom is -0.342 e. The molecule has 0 aromatic carbocycles. The molecular formula is C20H31N5OS2. The fourth-order valence-electron chi connectivity index (χ4n) is 5.15. The Bertz CT molecular complexity index is 873. The Balaban J connectivity index is 1.43. The van der Waals surface area contributed by atoms with Crippen LogP contribution >= 0.6 is 11.9 Å². The molecule has 2 atom stereocenters. The number of nitrogens with zero attached hydrogens (tertiary/aromatic N) is 4. The van der Waals surface area contributed by atoms with Crippen LogP contribution < -0.4 is 10.0 Å². The third-order valence-corrected chi connectivity index (χ3v) is 9.24. The largest absolute Gasteiger partial charge is 0.342 e. The number of rotatable bonds is 5. The van der Waals surface area contributed by atoms with E-state index in [-0.39, 0.29) is 4.75 Å². The van der Waals surface area contributed by atoms with Crippen LogP contribution in [0.2, 0.25) is 0 Å². The molecule has 3 heterocycles. The summed E-state index contributed by atoms with van der Waals surface area (Å²) in [4.78, 5) is 12.4. The minimum atomic E-state index is -0.767. The van der Waals surface area contributed by atoms with E-state index in [2.05, 4.69) is 33.1 Å². The Kier molecular flexibility index (Phi) is 5.48. The van der Waals surface area contributed by atoms with Crippen molar-refractivity contribution >= 4 is 34.3 Å². The first-order chi connectivity index (χ1) is 13.3. The molecule has 6 nitrogen and oxygen atoms in total. The fourth-order valence-corrected chi connectivity index (χ4v) is 5.99. The van der Waals surface area contributed by atoms with Crippen LogP contribution in [0.1, 0.15) is 52.4 Å². The molecule has 1 unspecified atom stereocenters. The molecule has 2 aromatic rings. The third-order valence-electron chi connectivity index (χ3n) is 6.97. The normalized spacial score (nSPS) is 23.6. The Morgan fingerprint density at radius 1 is 1.32 bits per heavy atom. The van der Waals surface area contributed by atoms with Gasteiger partial charge in [-0.2, -0.15) is 0 Å². The fraction of sp³-hybridized carbons (Fsp3) is 0.700. The first kappa shape index (κ1) is 20.2. The van der Waals surface area contributed by atoms with Gasteiger partial charge in [0.25, 0.3) is 0 Å². The smallest absolute Gasteiger partial charge is 0.211 e. The molecule has 1 saturated carbocycles. The van der Waals surface area contributed by atoms with Crippen LogP contribution in [0.25, 0.3) is 5.65 Å². The number of piperidine rings is 1. The van der Waals surface area contributed by atoms with Crippen molar-refractivity contribution in [2.75, 3.05) is 24.2 Å². The molecule has 28 heavy (non-hydrogen) atoms. The van der Waals surface area contributed by atoms with E-state index in [0.29, 0.717) is 11.3 Å². The Morgan fingerprint density at radius 3 is 2.75 bits per heavy atom. The van der Waals surface area contributed by atoms with E-state index in [1.165, 1.54) is 44.1 Å². The topological polar surface area (TPSA) is 76.5 Å². The van der Waals surface area contributed by atoms with Gasteiger partial charge in [-0.3, -0.25) is 13.7 Å². The lowest BCUT2D eigenvalue weighted by molar-refractivity contribution is 0.212. The monoisotopic (exact) mass is 421 g/mol. The molecule has 1 saturated heterocycles. The highest BCUT2D eigenvalue weighted by atomic mass is 32.2. The van der Waals surface area contributed by atoms with E-state index >= 15 is 0 Å². The maximum Gasteiger partial charge on any atom is 0.211 e. The molecule has 0 radical (unpaired) electrons. The lowest BCUT2D eigenvalue weighted by Crippen LogP contribution is -2.40. The van der Waals surface area contributed by atoms with E-state index in [4.69, 9.17) is 5.14 Å². The maximum absolute atomic E-state index is 12.0. The van der Waals surface area contributed by atoms with Crippen molar-refractivity contribution < 1.29 is 4.21 Å². The Labute approximate surface area is 174 Å². The van der Waals surface area contributed by atoms with Gasteiger partial charge >= 0.3 is 0 Å². The molecule has 4 rings (SSSR count). The third kappa shape index (κ3) is 3.71. The lowest BCUT2D eigenvalue weighted by atomic mass is 9.76. The highest BCUT2D eigenvalue weighted by Gasteiger charge is 2.43. The summed E-state index contributed by atoms with van der Waals surface area (Å²) in [6.45, 7) is 6.38.